The first-order valence-electron chi connectivity index (χ1n) is 14.8. The zero-order valence-corrected chi connectivity index (χ0v) is 26.7. The van der Waals surface area contributed by atoms with Gasteiger partial charge in [0, 0.05) is 25.6 Å². The molecule has 2 rings (SSSR count). The molecule has 0 spiro atoms. The highest BCUT2D eigenvalue weighted by Gasteiger charge is 2.30. The summed E-state index contributed by atoms with van der Waals surface area (Å²) < 4.78 is 19.3. The van der Waals surface area contributed by atoms with E-state index < -0.39 is 36.0 Å². The predicted octanol–water partition coefficient (Wildman–Crippen LogP) is 2.95. The van der Waals surface area contributed by atoms with Gasteiger partial charge in [0.15, 0.2) is 12.5 Å². The first kappa shape index (κ1) is 38.6. The summed E-state index contributed by atoms with van der Waals surface area (Å²) >= 11 is 2.83. The SMILES string of the molecule is CCCC(CCC)OCC(NC(=O)CCC(=O)O)C(=O)N(Cc1cccc(OC)c1)C[C@@H](O)[C@@H](N)Cc1ccccc1.O=S. The van der Waals surface area contributed by atoms with Gasteiger partial charge >= 0.3 is 5.97 Å². The molecule has 12 heteroatoms. The van der Waals surface area contributed by atoms with Gasteiger partial charge in [0.1, 0.15) is 11.8 Å². The van der Waals surface area contributed by atoms with Gasteiger partial charge in [-0.05, 0) is 42.5 Å². The van der Waals surface area contributed by atoms with Crippen LogP contribution < -0.4 is 15.8 Å². The minimum absolute atomic E-state index is 0.0803. The predicted molar refractivity (Wildman–Crippen MR) is 169 cm³/mol. The van der Waals surface area contributed by atoms with E-state index in [1.54, 1.807) is 19.2 Å². The number of benzene rings is 2. The molecule has 0 radical (unpaired) electrons. The molecule has 0 aliphatic heterocycles. The number of carbonyl (C=O) groups is 3. The van der Waals surface area contributed by atoms with E-state index in [0.717, 1.165) is 36.8 Å². The quantitative estimate of drug-likeness (QED) is 0.170. The van der Waals surface area contributed by atoms with Crippen LogP contribution in [0, 0.1) is 0 Å². The van der Waals surface area contributed by atoms with Crippen molar-refractivity contribution in [3.8, 4) is 5.75 Å². The standard InChI is InChI=1S/C32H47N3O7.OS/c1-4-10-25(11-5-2)42-22-28(34-30(37)16-17-31(38)39)32(40)35(20-24-14-9-15-26(18-24)41-3)21-29(36)27(33)19-23-12-7-6-8-13-23;1-2/h6-9,12-15,18,25,27-29,36H,4-5,10-11,16-17,19-22,33H2,1-3H3,(H,34,37)(H,38,39);/t27-,28?,29+;/m0./s1. The second-order valence-corrected chi connectivity index (χ2v) is 10.5. The van der Waals surface area contributed by atoms with Crippen LogP contribution in [0.5, 0.6) is 5.75 Å². The number of rotatable bonds is 20. The molecule has 44 heavy (non-hydrogen) atoms. The fourth-order valence-electron chi connectivity index (χ4n) is 4.68. The Kier molecular flexibility index (Phi) is 19.4. The summed E-state index contributed by atoms with van der Waals surface area (Å²) in [5.41, 5.74) is 8.09. The summed E-state index contributed by atoms with van der Waals surface area (Å²) in [4.78, 5) is 39.2. The average Bonchev–Trinajstić information content (AvgIpc) is 3.03. The molecule has 11 nitrogen and oxygen atoms in total. The number of ether oxygens (including phenoxy) is 2. The first-order valence-corrected chi connectivity index (χ1v) is 15.2. The number of methoxy groups -OCH3 is 1. The van der Waals surface area contributed by atoms with E-state index in [0.29, 0.717) is 12.2 Å². The fraction of sp³-hybridized carbons (Fsp3) is 0.531. The molecule has 1 unspecified atom stereocenters. The van der Waals surface area contributed by atoms with E-state index in [4.69, 9.17) is 24.5 Å². The molecule has 2 aromatic rings. The van der Waals surface area contributed by atoms with Crippen molar-refractivity contribution in [1.29, 1.82) is 0 Å². The van der Waals surface area contributed by atoms with Crippen LogP contribution in [-0.2, 0) is 44.6 Å². The van der Waals surface area contributed by atoms with Crippen LogP contribution in [-0.4, -0.2) is 81.7 Å². The lowest BCUT2D eigenvalue weighted by Gasteiger charge is -2.32. The van der Waals surface area contributed by atoms with Crippen molar-refractivity contribution in [3.63, 3.8) is 0 Å². The van der Waals surface area contributed by atoms with Gasteiger partial charge in [0.2, 0.25) is 11.8 Å². The van der Waals surface area contributed by atoms with Crippen LogP contribution in [0.3, 0.4) is 0 Å². The molecule has 0 fully saturated rings. The Balaban J connectivity index is 0.00000474. The van der Waals surface area contributed by atoms with Crippen molar-refractivity contribution in [1.82, 2.24) is 10.2 Å². The van der Waals surface area contributed by atoms with Crippen molar-refractivity contribution in [3.05, 3.63) is 65.7 Å². The topological polar surface area (TPSA) is 168 Å². The van der Waals surface area contributed by atoms with Gasteiger partial charge in [-0.15, -0.1) is 0 Å². The Morgan fingerprint density at radius 3 is 2.20 bits per heavy atom. The monoisotopic (exact) mass is 633 g/mol. The minimum atomic E-state index is -1.11. The molecule has 2 aromatic carbocycles. The van der Waals surface area contributed by atoms with E-state index in [1.807, 2.05) is 42.5 Å². The lowest BCUT2D eigenvalue weighted by molar-refractivity contribution is -0.142. The number of nitrogens with two attached hydrogens (primary N) is 1. The Hall–Kier alpha value is -3.45. The molecular formula is C32H47N3O8S. The van der Waals surface area contributed by atoms with Crippen molar-refractivity contribution in [2.24, 2.45) is 5.73 Å². The molecule has 0 aromatic heterocycles. The largest absolute Gasteiger partial charge is 0.497 e. The molecule has 0 heterocycles. The van der Waals surface area contributed by atoms with Crippen LogP contribution >= 0.6 is 0 Å². The Morgan fingerprint density at radius 1 is 0.977 bits per heavy atom. The van der Waals surface area contributed by atoms with E-state index >= 15 is 0 Å². The summed E-state index contributed by atoms with van der Waals surface area (Å²) in [5.74, 6) is -1.51. The maximum atomic E-state index is 14.1. The first-order chi connectivity index (χ1) is 21.2. The number of aliphatic hydroxyl groups is 1. The number of amides is 2. The molecule has 0 aliphatic rings. The third kappa shape index (κ3) is 14.8. The van der Waals surface area contributed by atoms with Crippen molar-refractivity contribution in [2.75, 3.05) is 20.3 Å². The Bertz CT molecular complexity index is 1120. The molecular weight excluding hydrogens is 586 g/mol. The second kappa shape index (κ2) is 22.1. The van der Waals surface area contributed by atoms with Crippen LogP contribution in [0.1, 0.15) is 63.5 Å². The maximum absolute atomic E-state index is 14.1. The highest BCUT2D eigenvalue weighted by atomic mass is 32.1. The number of nitrogens with zero attached hydrogens (tertiary/aromatic N) is 1. The highest BCUT2D eigenvalue weighted by Crippen LogP contribution is 2.17. The lowest BCUT2D eigenvalue weighted by Crippen LogP contribution is -2.54. The molecule has 5 N–H and O–H groups in total. The smallest absolute Gasteiger partial charge is 0.303 e. The highest BCUT2D eigenvalue weighted by molar-refractivity contribution is 7.44. The molecule has 0 bridgehead atoms. The van der Waals surface area contributed by atoms with Crippen molar-refractivity contribution < 1.29 is 38.3 Å². The number of aliphatic hydroxyl groups excluding tert-OH is 1. The Morgan fingerprint density at radius 2 is 1.61 bits per heavy atom. The van der Waals surface area contributed by atoms with Gasteiger partial charge in [-0.1, -0.05) is 69.2 Å². The number of carbonyl (C=O) groups excluding carboxylic acids is 2. The molecule has 244 valence electrons. The minimum Gasteiger partial charge on any atom is -0.497 e. The van der Waals surface area contributed by atoms with Crippen LogP contribution in [0.4, 0.5) is 0 Å². The van der Waals surface area contributed by atoms with E-state index in [-0.39, 0.29) is 38.6 Å². The lowest BCUT2D eigenvalue weighted by atomic mass is 10.0. The van der Waals surface area contributed by atoms with Gasteiger partial charge in [-0.2, -0.15) is 4.21 Å². The molecule has 2 amide bonds. The van der Waals surface area contributed by atoms with Crippen LogP contribution in [0.25, 0.3) is 0 Å². The fourth-order valence-corrected chi connectivity index (χ4v) is 4.68. The number of nitrogens with one attached hydrogen (secondary N) is 1. The second-order valence-electron chi connectivity index (χ2n) is 10.5. The van der Waals surface area contributed by atoms with E-state index in [1.165, 1.54) is 4.90 Å². The van der Waals surface area contributed by atoms with Gasteiger partial charge in [0.25, 0.3) is 0 Å². The number of carboxylic acids is 1. The zero-order valence-electron chi connectivity index (χ0n) is 25.9. The summed E-state index contributed by atoms with van der Waals surface area (Å²) in [7, 11) is 1.55. The van der Waals surface area contributed by atoms with Crippen LogP contribution in [0.15, 0.2) is 54.6 Å². The third-order valence-electron chi connectivity index (χ3n) is 6.95. The number of carboxylic acid groups (broad SMARTS) is 1. The normalized spacial score (nSPS) is 12.8. The van der Waals surface area contributed by atoms with Gasteiger partial charge in [-0.25, -0.2) is 0 Å². The summed E-state index contributed by atoms with van der Waals surface area (Å²) in [5, 5.41) is 22.8. The number of hydrogen-bond acceptors (Lipinski definition) is 9. The molecule has 0 saturated carbocycles. The molecule has 3 atom stereocenters. The maximum Gasteiger partial charge on any atom is 0.303 e. The third-order valence-corrected chi connectivity index (χ3v) is 6.95. The number of hydrogen-bond donors (Lipinski definition) is 4. The molecule has 0 saturated heterocycles. The van der Waals surface area contributed by atoms with Gasteiger partial charge in [-0.3, -0.25) is 14.4 Å². The van der Waals surface area contributed by atoms with E-state index in [9.17, 15) is 19.5 Å². The average molecular weight is 634 g/mol. The van der Waals surface area contributed by atoms with Gasteiger partial charge in [0.05, 0.1) is 32.3 Å². The zero-order chi connectivity index (χ0) is 32.9. The van der Waals surface area contributed by atoms with E-state index in [2.05, 4.69) is 31.7 Å². The van der Waals surface area contributed by atoms with Crippen molar-refractivity contribution in [2.45, 2.75) is 89.6 Å². The summed E-state index contributed by atoms with van der Waals surface area (Å²) in [6.45, 7) is 4.07. The Labute approximate surface area is 265 Å². The van der Waals surface area contributed by atoms with Crippen LogP contribution in [0.2, 0.25) is 0 Å². The molecule has 0 aliphatic carbocycles. The number of aliphatic carboxylic acids is 1. The summed E-state index contributed by atoms with van der Waals surface area (Å²) in [6.07, 6.45) is 2.07. The summed E-state index contributed by atoms with van der Waals surface area (Å²) in [6, 6.07) is 15.1. The van der Waals surface area contributed by atoms with Gasteiger partial charge < -0.3 is 35.6 Å². The van der Waals surface area contributed by atoms with Crippen molar-refractivity contribution >= 4 is 30.3 Å².